The Labute approximate surface area is 119 Å². The van der Waals surface area contributed by atoms with E-state index in [0.29, 0.717) is 11.5 Å². The van der Waals surface area contributed by atoms with E-state index >= 15 is 0 Å². The fourth-order valence-corrected chi connectivity index (χ4v) is 2.18. The molecule has 0 aliphatic carbocycles. The van der Waals surface area contributed by atoms with Gasteiger partial charge in [-0.1, -0.05) is 0 Å². The molecule has 2 heterocycles. The van der Waals surface area contributed by atoms with Gasteiger partial charge in [-0.2, -0.15) is 13.2 Å². The number of alkyl halides is 3. The lowest BCUT2D eigenvalue weighted by Gasteiger charge is -2.38. The number of rotatable bonds is 2. The van der Waals surface area contributed by atoms with Crippen LogP contribution in [0.2, 0.25) is 0 Å². The lowest BCUT2D eigenvalue weighted by molar-refractivity contribution is -0.271. The van der Waals surface area contributed by atoms with Crippen molar-refractivity contribution in [1.29, 1.82) is 0 Å². The fourth-order valence-electron chi connectivity index (χ4n) is 2.18. The molecule has 4 nitrogen and oxygen atoms in total. The summed E-state index contributed by atoms with van der Waals surface area (Å²) in [5.74, 6) is 0.813. The van der Waals surface area contributed by atoms with E-state index in [9.17, 15) is 23.1 Å². The maximum Gasteiger partial charge on any atom is 0.417 e. The molecule has 0 unspecified atom stereocenters. The molecule has 0 aromatic carbocycles. The van der Waals surface area contributed by atoms with E-state index in [1.807, 2.05) is 0 Å². The normalized spacial score (nSPS) is 19.2. The maximum absolute atomic E-state index is 12.6. The molecule has 1 amide bonds. The summed E-state index contributed by atoms with van der Waals surface area (Å²) < 4.78 is 43.2. The molecule has 1 aliphatic heterocycles. The van der Waals surface area contributed by atoms with E-state index in [-0.39, 0.29) is 13.1 Å². The highest BCUT2D eigenvalue weighted by Gasteiger charge is 2.54. The van der Waals surface area contributed by atoms with Crippen molar-refractivity contribution in [2.24, 2.45) is 0 Å². The Hall–Kier alpha value is -1.76. The molecule has 0 spiro atoms. The molecule has 116 valence electrons. The van der Waals surface area contributed by atoms with E-state index in [1.54, 1.807) is 19.1 Å². The second kappa shape index (κ2) is 5.55. The number of carbonyl (C=O) groups is 1. The molecule has 1 fully saturated rings. The predicted molar refractivity (Wildman–Crippen MR) is 69.3 cm³/mol. The van der Waals surface area contributed by atoms with Crippen LogP contribution < -0.4 is 0 Å². The molecule has 1 aromatic rings. The quantitative estimate of drug-likeness (QED) is 0.854. The third-order valence-electron chi connectivity index (χ3n) is 3.58. The third-order valence-corrected chi connectivity index (χ3v) is 3.58. The summed E-state index contributed by atoms with van der Waals surface area (Å²) in [6.07, 6.45) is -2.94. The number of furan rings is 1. The molecule has 1 aliphatic rings. The van der Waals surface area contributed by atoms with Crippen molar-refractivity contribution in [1.82, 2.24) is 4.90 Å². The van der Waals surface area contributed by atoms with E-state index < -0.39 is 30.5 Å². The SMILES string of the molecule is Cc1ccc(/C=C/C(=O)N2CCC(O)(C(F)(F)F)CC2)o1. The minimum absolute atomic E-state index is 0.129. The van der Waals surface area contributed by atoms with Gasteiger partial charge < -0.3 is 14.4 Å². The zero-order chi connectivity index (χ0) is 15.7. The second-order valence-corrected chi connectivity index (χ2v) is 5.14. The molecule has 2 rings (SSSR count). The van der Waals surface area contributed by atoms with E-state index in [4.69, 9.17) is 4.42 Å². The number of hydrogen-bond donors (Lipinski definition) is 1. The average molecular weight is 303 g/mol. The first-order valence-electron chi connectivity index (χ1n) is 6.54. The third kappa shape index (κ3) is 3.47. The molecule has 1 N–H and O–H groups in total. The molecule has 21 heavy (non-hydrogen) atoms. The Balaban J connectivity index is 1.93. The zero-order valence-electron chi connectivity index (χ0n) is 11.5. The van der Waals surface area contributed by atoms with Crippen LogP contribution in [0, 0.1) is 6.92 Å². The van der Waals surface area contributed by atoms with Gasteiger partial charge in [-0.3, -0.25) is 4.79 Å². The van der Waals surface area contributed by atoms with Crippen LogP contribution in [-0.2, 0) is 4.79 Å². The van der Waals surface area contributed by atoms with Crippen LogP contribution in [0.5, 0.6) is 0 Å². The first-order valence-corrected chi connectivity index (χ1v) is 6.54. The molecule has 1 aromatic heterocycles. The van der Waals surface area contributed by atoms with Gasteiger partial charge >= 0.3 is 6.18 Å². The summed E-state index contributed by atoms with van der Waals surface area (Å²) in [5.41, 5.74) is -2.69. The first-order chi connectivity index (χ1) is 9.71. The Morgan fingerprint density at radius 1 is 1.38 bits per heavy atom. The minimum Gasteiger partial charge on any atom is -0.462 e. The number of hydrogen-bond acceptors (Lipinski definition) is 3. The van der Waals surface area contributed by atoms with Gasteiger partial charge in [0.15, 0.2) is 5.60 Å². The predicted octanol–water partition coefficient (Wildman–Crippen LogP) is 2.52. The summed E-state index contributed by atoms with van der Waals surface area (Å²) in [5, 5.41) is 9.52. The number of aryl methyl sites for hydroxylation is 1. The number of amides is 1. The van der Waals surface area contributed by atoms with Gasteiger partial charge in [-0.25, -0.2) is 0 Å². The van der Waals surface area contributed by atoms with Gasteiger partial charge in [0.25, 0.3) is 0 Å². The summed E-state index contributed by atoms with van der Waals surface area (Å²) in [6.45, 7) is 1.51. The molecule has 0 radical (unpaired) electrons. The summed E-state index contributed by atoms with van der Waals surface area (Å²) in [6, 6.07) is 3.44. The molecule has 1 saturated heterocycles. The Morgan fingerprint density at radius 2 is 2.00 bits per heavy atom. The molecule has 7 heteroatoms. The zero-order valence-corrected chi connectivity index (χ0v) is 11.5. The molecule has 0 bridgehead atoms. The lowest BCUT2D eigenvalue weighted by atomic mass is 9.91. The largest absolute Gasteiger partial charge is 0.462 e. The van der Waals surface area contributed by atoms with Gasteiger partial charge in [0.2, 0.25) is 5.91 Å². The van der Waals surface area contributed by atoms with Crippen molar-refractivity contribution in [2.75, 3.05) is 13.1 Å². The summed E-state index contributed by atoms with van der Waals surface area (Å²) in [7, 11) is 0. The highest BCUT2D eigenvalue weighted by Crippen LogP contribution is 2.38. The van der Waals surface area contributed by atoms with Crippen LogP contribution in [0.1, 0.15) is 24.4 Å². The number of aliphatic hydroxyl groups is 1. The smallest absolute Gasteiger partial charge is 0.417 e. The maximum atomic E-state index is 12.6. The van der Waals surface area contributed by atoms with Gasteiger partial charge in [0.05, 0.1) is 0 Å². The second-order valence-electron chi connectivity index (χ2n) is 5.14. The number of carbonyl (C=O) groups excluding carboxylic acids is 1. The molecule has 0 saturated carbocycles. The highest BCUT2D eigenvalue weighted by molar-refractivity contribution is 5.91. The number of likely N-dealkylation sites (tertiary alicyclic amines) is 1. The van der Waals surface area contributed by atoms with Gasteiger partial charge in [0.1, 0.15) is 11.5 Å². The summed E-state index contributed by atoms with van der Waals surface area (Å²) in [4.78, 5) is 13.2. The van der Waals surface area contributed by atoms with Crippen molar-refractivity contribution in [2.45, 2.75) is 31.5 Å². The van der Waals surface area contributed by atoms with Crippen molar-refractivity contribution >= 4 is 12.0 Å². The molecular formula is C14H16F3NO3. The lowest BCUT2D eigenvalue weighted by Crippen LogP contribution is -2.54. The van der Waals surface area contributed by atoms with Crippen LogP contribution in [0.25, 0.3) is 6.08 Å². The van der Waals surface area contributed by atoms with Crippen LogP contribution in [0.3, 0.4) is 0 Å². The number of halogens is 3. The van der Waals surface area contributed by atoms with Crippen LogP contribution in [-0.4, -0.2) is 40.8 Å². The first kappa shape index (κ1) is 15.6. The van der Waals surface area contributed by atoms with Gasteiger partial charge in [-0.05, 0) is 25.1 Å². The van der Waals surface area contributed by atoms with Gasteiger partial charge in [-0.15, -0.1) is 0 Å². The van der Waals surface area contributed by atoms with Crippen molar-refractivity contribution in [3.8, 4) is 0 Å². The van der Waals surface area contributed by atoms with Crippen LogP contribution in [0.15, 0.2) is 22.6 Å². The van der Waals surface area contributed by atoms with Crippen LogP contribution in [0.4, 0.5) is 13.2 Å². The Bertz CT molecular complexity index is 540. The van der Waals surface area contributed by atoms with Crippen molar-refractivity contribution in [3.63, 3.8) is 0 Å². The van der Waals surface area contributed by atoms with E-state index in [2.05, 4.69) is 0 Å². The monoisotopic (exact) mass is 303 g/mol. The number of piperidine rings is 1. The van der Waals surface area contributed by atoms with Crippen LogP contribution >= 0.6 is 0 Å². The average Bonchev–Trinajstić information content (AvgIpc) is 2.81. The van der Waals surface area contributed by atoms with E-state index in [0.717, 1.165) is 0 Å². The minimum atomic E-state index is -4.66. The van der Waals surface area contributed by atoms with Crippen molar-refractivity contribution in [3.05, 3.63) is 29.7 Å². The molecular weight excluding hydrogens is 287 g/mol. The fraction of sp³-hybridized carbons (Fsp3) is 0.500. The Morgan fingerprint density at radius 3 is 2.48 bits per heavy atom. The standard InChI is InChI=1S/C14H16F3NO3/c1-10-2-3-11(21-10)4-5-12(19)18-8-6-13(20,7-9-18)14(15,16)17/h2-5,20H,6-9H2,1H3/b5-4+. The topological polar surface area (TPSA) is 53.7 Å². The number of nitrogens with zero attached hydrogens (tertiary/aromatic N) is 1. The van der Waals surface area contributed by atoms with Crippen molar-refractivity contribution < 1.29 is 27.5 Å². The Kier molecular flexibility index (Phi) is 4.13. The molecule has 0 atom stereocenters. The highest BCUT2D eigenvalue weighted by atomic mass is 19.4. The van der Waals surface area contributed by atoms with Gasteiger partial charge in [0, 0.05) is 32.0 Å². The summed E-state index contributed by atoms with van der Waals surface area (Å²) >= 11 is 0. The van der Waals surface area contributed by atoms with E-state index in [1.165, 1.54) is 17.1 Å².